The molecule has 0 bridgehead atoms. The van der Waals surface area contributed by atoms with Gasteiger partial charge in [-0.25, -0.2) is 9.97 Å². The van der Waals surface area contributed by atoms with Gasteiger partial charge in [-0.3, -0.25) is 0 Å². The molecule has 0 spiro atoms. The Bertz CT molecular complexity index is 274. The fraction of sp³-hybridized carbons (Fsp3) is 0.500. The highest BCUT2D eigenvalue weighted by molar-refractivity contribution is 6.29. The third-order valence-corrected chi connectivity index (χ3v) is 2.12. The Morgan fingerprint density at radius 3 is 3.08 bits per heavy atom. The molecule has 0 amide bonds. The van der Waals surface area contributed by atoms with Crippen LogP contribution >= 0.6 is 11.6 Å². The summed E-state index contributed by atoms with van der Waals surface area (Å²) in [6.45, 7) is 0.826. The van der Waals surface area contributed by atoms with Crippen molar-refractivity contribution in [2.45, 2.75) is 18.9 Å². The smallest absolute Gasteiger partial charge is 0.132 e. The Morgan fingerprint density at radius 1 is 1.50 bits per heavy atom. The van der Waals surface area contributed by atoms with Gasteiger partial charge in [0.1, 0.15) is 11.5 Å². The highest BCUT2D eigenvalue weighted by Crippen LogP contribution is 2.27. The van der Waals surface area contributed by atoms with Gasteiger partial charge in [-0.2, -0.15) is 0 Å². The van der Waals surface area contributed by atoms with Crippen LogP contribution in [0, 0.1) is 0 Å². The molecule has 1 aliphatic heterocycles. The average Bonchev–Trinajstić information content (AvgIpc) is 2.56. The first kappa shape index (κ1) is 7.95. The van der Waals surface area contributed by atoms with Gasteiger partial charge in [-0.1, -0.05) is 11.6 Å². The van der Waals surface area contributed by atoms with Crippen molar-refractivity contribution in [3.8, 4) is 0 Å². The first-order chi connectivity index (χ1) is 5.86. The lowest BCUT2D eigenvalue weighted by Crippen LogP contribution is -1.99. The maximum atomic E-state index is 5.72. The topological polar surface area (TPSA) is 35.0 Å². The van der Waals surface area contributed by atoms with Crippen molar-refractivity contribution in [1.82, 2.24) is 9.97 Å². The van der Waals surface area contributed by atoms with Gasteiger partial charge in [-0.15, -0.1) is 0 Å². The third-order valence-electron chi connectivity index (χ3n) is 1.91. The average molecular weight is 185 g/mol. The zero-order valence-electron chi connectivity index (χ0n) is 6.53. The van der Waals surface area contributed by atoms with Crippen LogP contribution in [0.25, 0.3) is 0 Å². The Labute approximate surface area is 75.7 Å². The second kappa shape index (κ2) is 3.37. The van der Waals surface area contributed by atoms with Crippen molar-refractivity contribution in [1.29, 1.82) is 0 Å². The molecular formula is C8H9ClN2O. The molecule has 1 saturated heterocycles. The molecule has 2 rings (SSSR count). The van der Waals surface area contributed by atoms with Crippen LogP contribution in [0.2, 0.25) is 5.15 Å². The van der Waals surface area contributed by atoms with E-state index in [1.807, 2.05) is 0 Å². The molecule has 0 unspecified atom stereocenters. The van der Waals surface area contributed by atoms with E-state index in [1.54, 1.807) is 6.07 Å². The largest absolute Gasteiger partial charge is 0.372 e. The Kier molecular flexibility index (Phi) is 2.23. The van der Waals surface area contributed by atoms with Crippen molar-refractivity contribution in [2.24, 2.45) is 0 Å². The molecule has 64 valence electrons. The van der Waals surface area contributed by atoms with E-state index in [4.69, 9.17) is 16.3 Å². The van der Waals surface area contributed by atoms with Crippen LogP contribution in [0.15, 0.2) is 12.4 Å². The Morgan fingerprint density at radius 2 is 2.42 bits per heavy atom. The number of hydrogen-bond acceptors (Lipinski definition) is 3. The van der Waals surface area contributed by atoms with E-state index >= 15 is 0 Å². The predicted octanol–water partition coefficient (Wildman–Crippen LogP) is 1.98. The predicted molar refractivity (Wildman–Crippen MR) is 45.0 cm³/mol. The van der Waals surface area contributed by atoms with Crippen molar-refractivity contribution >= 4 is 11.6 Å². The Balaban J connectivity index is 2.21. The van der Waals surface area contributed by atoms with E-state index in [-0.39, 0.29) is 6.10 Å². The molecule has 0 radical (unpaired) electrons. The molecule has 1 aliphatic rings. The molecule has 1 fully saturated rings. The molecule has 0 aliphatic carbocycles. The van der Waals surface area contributed by atoms with Crippen molar-refractivity contribution in [3.63, 3.8) is 0 Å². The molecule has 1 atom stereocenters. The van der Waals surface area contributed by atoms with Crippen LogP contribution in [-0.4, -0.2) is 16.6 Å². The number of hydrogen-bond donors (Lipinski definition) is 0. The second-order valence-corrected chi connectivity index (χ2v) is 3.15. The second-order valence-electron chi connectivity index (χ2n) is 2.77. The van der Waals surface area contributed by atoms with Crippen molar-refractivity contribution < 1.29 is 4.74 Å². The van der Waals surface area contributed by atoms with E-state index < -0.39 is 0 Å². The highest BCUT2D eigenvalue weighted by atomic mass is 35.5. The van der Waals surface area contributed by atoms with Crippen molar-refractivity contribution in [3.05, 3.63) is 23.2 Å². The molecule has 1 aromatic rings. The lowest BCUT2D eigenvalue weighted by molar-refractivity contribution is 0.108. The summed E-state index contributed by atoms with van der Waals surface area (Å²) in [7, 11) is 0. The van der Waals surface area contributed by atoms with Gasteiger partial charge in [0, 0.05) is 6.61 Å². The summed E-state index contributed by atoms with van der Waals surface area (Å²) in [5, 5.41) is 0.482. The van der Waals surface area contributed by atoms with Gasteiger partial charge >= 0.3 is 0 Å². The van der Waals surface area contributed by atoms with Gasteiger partial charge in [0.05, 0.1) is 11.8 Å². The lowest BCUT2D eigenvalue weighted by Gasteiger charge is -2.07. The highest BCUT2D eigenvalue weighted by Gasteiger charge is 2.18. The molecule has 12 heavy (non-hydrogen) atoms. The summed E-state index contributed by atoms with van der Waals surface area (Å²) < 4.78 is 5.45. The first-order valence-electron chi connectivity index (χ1n) is 3.95. The summed E-state index contributed by atoms with van der Waals surface area (Å²) in [6.07, 6.45) is 3.74. The third kappa shape index (κ3) is 1.57. The SMILES string of the molecule is Clc1cc([C@@H]2CCCO2)ncn1. The van der Waals surface area contributed by atoms with Gasteiger partial charge in [0.2, 0.25) is 0 Å². The molecule has 0 aromatic carbocycles. The molecule has 4 heteroatoms. The maximum Gasteiger partial charge on any atom is 0.132 e. The van der Waals surface area contributed by atoms with Crippen LogP contribution in [0.5, 0.6) is 0 Å². The fourth-order valence-electron chi connectivity index (χ4n) is 1.33. The molecular weight excluding hydrogens is 176 g/mol. The van der Waals surface area contributed by atoms with E-state index in [9.17, 15) is 0 Å². The Hall–Kier alpha value is -0.670. The zero-order chi connectivity index (χ0) is 8.39. The molecule has 2 heterocycles. The van der Waals surface area contributed by atoms with Crippen molar-refractivity contribution in [2.75, 3.05) is 6.61 Å². The molecule has 1 aromatic heterocycles. The van der Waals surface area contributed by atoms with Crippen LogP contribution in [0.3, 0.4) is 0 Å². The number of nitrogens with zero attached hydrogens (tertiary/aromatic N) is 2. The summed E-state index contributed by atoms with van der Waals surface area (Å²) in [6, 6.07) is 1.76. The van der Waals surface area contributed by atoms with Crippen LogP contribution in [0.1, 0.15) is 24.6 Å². The summed E-state index contributed by atoms with van der Waals surface area (Å²) in [5.74, 6) is 0. The minimum Gasteiger partial charge on any atom is -0.372 e. The molecule has 0 saturated carbocycles. The van der Waals surface area contributed by atoms with E-state index in [1.165, 1.54) is 6.33 Å². The number of ether oxygens (including phenoxy) is 1. The van der Waals surface area contributed by atoms with E-state index in [2.05, 4.69) is 9.97 Å². The zero-order valence-corrected chi connectivity index (χ0v) is 7.29. The normalized spacial score (nSPS) is 22.9. The standard InChI is InChI=1S/C8H9ClN2O/c9-8-4-6(10-5-11-8)7-2-1-3-12-7/h4-5,7H,1-3H2/t7-/m0/s1. The van der Waals surface area contributed by atoms with Gasteiger partial charge < -0.3 is 4.74 Å². The molecule has 3 nitrogen and oxygen atoms in total. The monoisotopic (exact) mass is 184 g/mol. The van der Waals surface area contributed by atoms with Crippen LogP contribution < -0.4 is 0 Å². The fourth-order valence-corrected chi connectivity index (χ4v) is 1.49. The van der Waals surface area contributed by atoms with E-state index in [0.29, 0.717) is 5.15 Å². The summed E-state index contributed by atoms with van der Waals surface area (Å²) in [4.78, 5) is 7.91. The van der Waals surface area contributed by atoms with Crippen LogP contribution in [-0.2, 0) is 4.74 Å². The summed E-state index contributed by atoms with van der Waals surface area (Å²) >= 11 is 5.72. The quantitative estimate of drug-likeness (QED) is 0.626. The number of halogens is 1. The summed E-state index contributed by atoms with van der Waals surface area (Å²) in [5.41, 5.74) is 0.896. The lowest BCUT2D eigenvalue weighted by atomic mass is 10.2. The van der Waals surface area contributed by atoms with Gasteiger partial charge in [0.25, 0.3) is 0 Å². The minimum atomic E-state index is 0.130. The van der Waals surface area contributed by atoms with Gasteiger partial charge in [0.15, 0.2) is 0 Å². The van der Waals surface area contributed by atoms with Crippen LogP contribution in [0.4, 0.5) is 0 Å². The van der Waals surface area contributed by atoms with Gasteiger partial charge in [-0.05, 0) is 18.9 Å². The first-order valence-corrected chi connectivity index (χ1v) is 4.33. The minimum absolute atomic E-state index is 0.130. The number of rotatable bonds is 1. The maximum absolute atomic E-state index is 5.72. The number of aromatic nitrogens is 2. The molecule has 0 N–H and O–H groups in total. The van der Waals surface area contributed by atoms with E-state index in [0.717, 1.165) is 25.1 Å².